The number of aliphatic imine (C=N–C) groups is 1. The molecule has 15 heavy (non-hydrogen) atoms. The molecule has 1 fully saturated rings. The number of benzene rings is 1. The molecule has 0 saturated heterocycles. The zero-order valence-electron chi connectivity index (χ0n) is 8.69. The van der Waals surface area contributed by atoms with Crippen LogP contribution in [0.3, 0.4) is 0 Å². The summed E-state index contributed by atoms with van der Waals surface area (Å²) in [7, 11) is 0. The molecule has 78 valence electrons. The molecule has 0 unspecified atom stereocenters. The molecule has 3 heteroatoms. The van der Waals surface area contributed by atoms with E-state index < -0.39 is 0 Å². The Morgan fingerprint density at radius 2 is 1.80 bits per heavy atom. The number of rotatable bonds is 1. The Hall–Kier alpha value is -1.51. The fourth-order valence-electron chi connectivity index (χ4n) is 1.97. The maximum absolute atomic E-state index is 5.98. The normalized spacial score (nSPS) is 20.5. The largest absolute Gasteiger partial charge is 0.370 e. The first-order chi connectivity index (χ1) is 7.33. The highest BCUT2D eigenvalue weighted by Crippen LogP contribution is 2.26. The number of guanidine groups is 1. The third-order valence-corrected chi connectivity index (χ3v) is 3.03. The highest BCUT2D eigenvalue weighted by Gasteiger charge is 2.24. The van der Waals surface area contributed by atoms with Crippen molar-refractivity contribution < 1.29 is 0 Å². The fraction of sp³-hybridized carbons (Fsp3) is 0.417. The lowest BCUT2D eigenvalue weighted by Gasteiger charge is -2.15. The Bertz CT molecular complexity index is 382. The van der Waals surface area contributed by atoms with Gasteiger partial charge < -0.3 is 10.6 Å². The molecule has 0 atom stereocenters. The average molecular weight is 201 g/mol. The second kappa shape index (κ2) is 3.26. The van der Waals surface area contributed by atoms with E-state index in [0.29, 0.717) is 12.0 Å². The lowest BCUT2D eigenvalue weighted by molar-refractivity contribution is 0.440. The second-order valence-electron chi connectivity index (χ2n) is 4.34. The van der Waals surface area contributed by atoms with Crippen LogP contribution in [-0.2, 0) is 13.1 Å². The predicted octanol–water partition coefficient (Wildman–Crippen LogP) is 1.48. The predicted molar refractivity (Wildman–Crippen MR) is 60.3 cm³/mol. The van der Waals surface area contributed by atoms with Gasteiger partial charge in [0.25, 0.3) is 0 Å². The Morgan fingerprint density at radius 1 is 1.20 bits per heavy atom. The molecule has 0 radical (unpaired) electrons. The number of hydrogen-bond donors (Lipinski definition) is 1. The van der Waals surface area contributed by atoms with Gasteiger partial charge in [-0.15, -0.1) is 0 Å². The first-order valence-corrected chi connectivity index (χ1v) is 5.48. The third-order valence-electron chi connectivity index (χ3n) is 3.03. The lowest BCUT2D eigenvalue weighted by Crippen LogP contribution is -2.33. The molecule has 1 aliphatic heterocycles. The van der Waals surface area contributed by atoms with Crippen molar-refractivity contribution >= 4 is 5.96 Å². The van der Waals surface area contributed by atoms with E-state index in [1.165, 1.54) is 24.0 Å². The van der Waals surface area contributed by atoms with Crippen LogP contribution in [0.1, 0.15) is 24.0 Å². The summed E-state index contributed by atoms with van der Waals surface area (Å²) in [5, 5.41) is 0. The van der Waals surface area contributed by atoms with E-state index in [4.69, 9.17) is 5.73 Å². The van der Waals surface area contributed by atoms with E-state index in [0.717, 1.165) is 13.1 Å². The Labute approximate surface area is 89.6 Å². The average Bonchev–Trinajstić information content (AvgIpc) is 2.95. The number of hydrogen-bond acceptors (Lipinski definition) is 1. The molecule has 3 nitrogen and oxygen atoms in total. The van der Waals surface area contributed by atoms with Gasteiger partial charge in [0.2, 0.25) is 0 Å². The van der Waals surface area contributed by atoms with Crippen LogP contribution in [0.25, 0.3) is 0 Å². The van der Waals surface area contributed by atoms with Crippen LogP contribution >= 0.6 is 0 Å². The molecule has 1 heterocycles. The molecule has 1 aromatic rings. The molecule has 2 aliphatic rings. The first-order valence-electron chi connectivity index (χ1n) is 5.48. The number of fused-ring (bicyclic) bond motifs is 1. The van der Waals surface area contributed by atoms with Crippen LogP contribution in [0.4, 0.5) is 0 Å². The minimum absolute atomic E-state index is 0.508. The van der Waals surface area contributed by atoms with Gasteiger partial charge in [0.15, 0.2) is 5.96 Å². The van der Waals surface area contributed by atoms with Gasteiger partial charge in [0.1, 0.15) is 0 Å². The Balaban J connectivity index is 1.77. The molecule has 0 amide bonds. The van der Waals surface area contributed by atoms with Gasteiger partial charge in [-0.25, -0.2) is 4.99 Å². The summed E-state index contributed by atoms with van der Waals surface area (Å²) >= 11 is 0. The zero-order valence-corrected chi connectivity index (χ0v) is 8.69. The molecule has 0 aromatic heterocycles. The van der Waals surface area contributed by atoms with E-state index >= 15 is 0 Å². The van der Waals surface area contributed by atoms with Crippen LogP contribution in [-0.4, -0.2) is 16.9 Å². The summed E-state index contributed by atoms with van der Waals surface area (Å²) in [5.74, 6) is 0.716. The second-order valence-corrected chi connectivity index (χ2v) is 4.34. The van der Waals surface area contributed by atoms with Crippen LogP contribution in [0, 0.1) is 0 Å². The fourth-order valence-corrected chi connectivity index (χ4v) is 1.97. The van der Waals surface area contributed by atoms with Gasteiger partial charge in [0, 0.05) is 13.1 Å². The summed E-state index contributed by atoms with van der Waals surface area (Å²) in [6.45, 7) is 1.83. The smallest absolute Gasteiger partial charge is 0.192 e. The van der Waals surface area contributed by atoms with Crippen molar-refractivity contribution in [2.75, 3.05) is 0 Å². The van der Waals surface area contributed by atoms with Crippen LogP contribution in [0.2, 0.25) is 0 Å². The number of nitrogens with zero attached hydrogens (tertiary/aromatic N) is 2. The highest BCUT2D eigenvalue weighted by atomic mass is 15.3. The van der Waals surface area contributed by atoms with Crippen molar-refractivity contribution in [1.29, 1.82) is 0 Å². The van der Waals surface area contributed by atoms with Crippen LogP contribution in [0.15, 0.2) is 29.3 Å². The van der Waals surface area contributed by atoms with E-state index in [9.17, 15) is 0 Å². The molecular formula is C12H15N3. The van der Waals surface area contributed by atoms with Crippen molar-refractivity contribution in [3.05, 3.63) is 35.4 Å². The minimum atomic E-state index is 0.508. The molecule has 1 aromatic carbocycles. The highest BCUT2D eigenvalue weighted by molar-refractivity contribution is 5.79. The van der Waals surface area contributed by atoms with Gasteiger partial charge in [-0.3, -0.25) is 0 Å². The summed E-state index contributed by atoms with van der Waals surface area (Å²) in [5.41, 5.74) is 8.74. The van der Waals surface area contributed by atoms with Crippen molar-refractivity contribution in [2.24, 2.45) is 10.7 Å². The lowest BCUT2D eigenvalue weighted by atomic mass is 10.1. The molecule has 0 bridgehead atoms. The molecule has 3 rings (SSSR count). The number of nitrogens with two attached hydrogens (primary N) is 1. The Morgan fingerprint density at radius 3 is 2.33 bits per heavy atom. The summed E-state index contributed by atoms with van der Waals surface area (Å²) in [6.07, 6.45) is 2.42. The van der Waals surface area contributed by atoms with Crippen molar-refractivity contribution in [3.63, 3.8) is 0 Å². The van der Waals surface area contributed by atoms with E-state index in [-0.39, 0.29) is 0 Å². The van der Waals surface area contributed by atoms with Gasteiger partial charge in [-0.1, -0.05) is 24.3 Å². The molecule has 2 N–H and O–H groups in total. The first kappa shape index (κ1) is 8.77. The van der Waals surface area contributed by atoms with E-state index in [1.54, 1.807) is 0 Å². The minimum Gasteiger partial charge on any atom is -0.370 e. The molecule has 1 aliphatic carbocycles. The van der Waals surface area contributed by atoms with Gasteiger partial charge in [0.05, 0.1) is 6.04 Å². The van der Waals surface area contributed by atoms with Crippen LogP contribution in [0.5, 0.6) is 0 Å². The maximum atomic E-state index is 5.98. The molecule has 0 spiro atoms. The summed E-state index contributed by atoms with van der Waals surface area (Å²) in [4.78, 5) is 6.63. The van der Waals surface area contributed by atoms with Crippen molar-refractivity contribution in [3.8, 4) is 0 Å². The summed E-state index contributed by atoms with van der Waals surface area (Å²) in [6, 6.07) is 9.00. The summed E-state index contributed by atoms with van der Waals surface area (Å²) < 4.78 is 0. The zero-order chi connectivity index (χ0) is 10.3. The van der Waals surface area contributed by atoms with E-state index in [1.807, 2.05) is 0 Å². The van der Waals surface area contributed by atoms with Gasteiger partial charge in [-0.05, 0) is 24.0 Å². The van der Waals surface area contributed by atoms with Crippen LogP contribution < -0.4 is 5.73 Å². The molecule has 1 saturated carbocycles. The standard InChI is InChI=1S/C12H15N3/c13-12(14-11-5-6-11)15-7-9-3-1-2-4-10(9)8-15/h1-4,11H,5-8H2,(H2,13,14). The topological polar surface area (TPSA) is 41.6 Å². The van der Waals surface area contributed by atoms with Gasteiger partial charge in [-0.2, -0.15) is 0 Å². The Kier molecular flexibility index (Phi) is 1.91. The maximum Gasteiger partial charge on any atom is 0.192 e. The van der Waals surface area contributed by atoms with Crippen molar-refractivity contribution in [1.82, 2.24) is 4.90 Å². The van der Waals surface area contributed by atoms with E-state index in [2.05, 4.69) is 34.2 Å². The van der Waals surface area contributed by atoms with Gasteiger partial charge >= 0.3 is 0 Å². The van der Waals surface area contributed by atoms with Crippen molar-refractivity contribution in [2.45, 2.75) is 32.0 Å². The SMILES string of the molecule is NC(=NC1CC1)N1Cc2ccccc2C1. The quantitative estimate of drug-likeness (QED) is 0.552. The monoisotopic (exact) mass is 201 g/mol. The molecular weight excluding hydrogens is 186 g/mol. The third kappa shape index (κ3) is 1.69.